The van der Waals surface area contributed by atoms with Gasteiger partial charge in [-0.2, -0.15) is 0 Å². The lowest BCUT2D eigenvalue weighted by molar-refractivity contribution is -0.177. The maximum absolute atomic E-state index is 11.9. The quantitative estimate of drug-likeness (QED) is 0.684. The summed E-state index contributed by atoms with van der Waals surface area (Å²) in [5, 5.41) is 0. The zero-order valence-electron chi connectivity index (χ0n) is 11.6. The molecule has 1 saturated carbocycles. The molecule has 94 valence electrons. The summed E-state index contributed by atoms with van der Waals surface area (Å²) in [6.07, 6.45) is 3.14. The summed E-state index contributed by atoms with van der Waals surface area (Å²) >= 11 is 0. The van der Waals surface area contributed by atoms with Crippen molar-refractivity contribution >= 4 is 5.97 Å². The van der Waals surface area contributed by atoms with Gasteiger partial charge in [0.1, 0.15) is 5.60 Å². The third kappa shape index (κ3) is 2.11. The van der Waals surface area contributed by atoms with Crippen molar-refractivity contribution in [1.29, 1.82) is 0 Å². The van der Waals surface area contributed by atoms with E-state index in [1.54, 1.807) is 0 Å². The molecular formula is C14H26O2. The maximum Gasteiger partial charge on any atom is 0.309 e. The Balaban J connectivity index is 2.81. The second-order valence-corrected chi connectivity index (χ2v) is 6.16. The van der Waals surface area contributed by atoms with E-state index in [4.69, 9.17) is 4.74 Å². The van der Waals surface area contributed by atoms with Crippen LogP contribution in [0.2, 0.25) is 0 Å². The van der Waals surface area contributed by atoms with E-state index in [0.29, 0.717) is 5.92 Å². The first-order valence-electron chi connectivity index (χ1n) is 6.47. The highest BCUT2D eigenvalue weighted by molar-refractivity contribution is 5.72. The van der Waals surface area contributed by atoms with E-state index < -0.39 is 0 Å². The number of esters is 1. The van der Waals surface area contributed by atoms with Gasteiger partial charge in [-0.05, 0) is 32.1 Å². The first-order valence-corrected chi connectivity index (χ1v) is 6.47. The third-order valence-electron chi connectivity index (χ3n) is 4.81. The van der Waals surface area contributed by atoms with Crippen LogP contribution in [0, 0.1) is 17.3 Å². The summed E-state index contributed by atoms with van der Waals surface area (Å²) in [6.45, 7) is 12.7. The lowest BCUT2D eigenvalue weighted by atomic mass is 9.75. The highest BCUT2D eigenvalue weighted by atomic mass is 16.6. The third-order valence-corrected chi connectivity index (χ3v) is 4.81. The fraction of sp³-hybridized carbons (Fsp3) is 0.929. The average molecular weight is 226 g/mol. The Bertz CT molecular complexity index is 270. The highest BCUT2D eigenvalue weighted by Crippen LogP contribution is 2.51. The van der Waals surface area contributed by atoms with Gasteiger partial charge in [-0.3, -0.25) is 4.79 Å². The topological polar surface area (TPSA) is 26.3 Å². The van der Waals surface area contributed by atoms with Crippen LogP contribution in [0.5, 0.6) is 0 Å². The Morgan fingerprint density at radius 1 is 1.44 bits per heavy atom. The zero-order valence-corrected chi connectivity index (χ0v) is 11.6. The predicted molar refractivity (Wildman–Crippen MR) is 66.1 cm³/mol. The van der Waals surface area contributed by atoms with Gasteiger partial charge in [-0.1, -0.05) is 34.6 Å². The number of hydrogen-bond donors (Lipinski definition) is 0. The van der Waals surface area contributed by atoms with Gasteiger partial charge in [0.2, 0.25) is 0 Å². The molecule has 0 radical (unpaired) electrons. The maximum atomic E-state index is 11.9. The molecule has 0 N–H and O–H groups in total. The van der Waals surface area contributed by atoms with E-state index in [9.17, 15) is 4.79 Å². The summed E-state index contributed by atoms with van der Waals surface area (Å²) in [4.78, 5) is 11.9. The minimum absolute atomic E-state index is 0.0143. The first-order chi connectivity index (χ1) is 7.24. The van der Waals surface area contributed by atoms with E-state index >= 15 is 0 Å². The SMILES string of the molecule is CCC(C)C(=O)OC1(C)C(C)CCC1(C)C. The van der Waals surface area contributed by atoms with Crippen LogP contribution in [-0.4, -0.2) is 11.6 Å². The van der Waals surface area contributed by atoms with Crippen molar-refractivity contribution in [3.63, 3.8) is 0 Å². The van der Waals surface area contributed by atoms with Crippen LogP contribution in [0.1, 0.15) is 60.8 Å². The monoisotopic (exact) mass is 226 g/mol. The Hall–Kier alpha value is -0.530. The number of ether oxygens (including phenoxy) is 1. The number of carbonyl (C=O) groups excluding carboxylic acids is 1. The predicted octanol–water partition coefficient (Wildman–Crippen LogP) is 3.79. The van der Waals surface area contributed by atoms with E-state index in [1.165, 1.54) is 0 Å². The van der Waals surface area contributed by atoms with Gasteiger partial charge in [0, 0.05) is 5.41 Å². The van der Waals surface area contributed by atoms with Crippen molar-refractivity contribution < 1.29 is 9.53 Å². The van der Waals surface area contributed by atoms with Crippen LogP contribution in [-0.2, 0) is 9.53 Å². The molecule has 0 heterocycles. The molecule has 0 saturated heterocycles. The Kier molecular flexibility index (Phi) is 3.71. The lowest BCUT2D eigenvalue weighted by Crippen LogP contribution is -2.46. The molecule has 0 aromatic carbocycles. The summed E-state index contributed by atoms with van der Waals surface area (Å²) in [5.41, 5.74) is -0.205. The van der Waals surface area contributed by atoms with E-state index in [1.807, 2.05) is 13.8 Å². The van der Waals surface area contributed by atoms with Crippen molar-refractivity contribution in [3.05, 3.63) is 0 Å². The summed E-state index contributed by atoms with van der Waals surface area (Å²) in [5.74, 6) is 0.433. The average Bonchev–Trinajstić information content (AvgIpc) is 2.41. The first kappa shape index (κ1) is 13.5. The minimum atomic E-state index is -0.298. The van der Waals surface area contributed by atoms with Crippen LogP contribution in [0.25, 0.3) is 0 Å². The molecule has 3 atom stereocenters. The molecule has 0 amide bonds. The van der Waals surface area contributed by atoms with Crippen LogP contribution < -0.4 is 0 Å². The molecule has 2 nitrogen and oxygen atoms in total. The molecule has 16 heavy (non-hydrogen) atoms. The van der Waals surface area contributed by atoms with Crippen molar-refractivity contribution in [3.8, 4) is 0 Å². The largest absolute Gasteiger partial charge is 0.458 e. The van der Waals surface area contributed by atoms with Gasteiger partial charge >= 0.3 is 5.97 Å². The second-order valence-electron chi connectivity index (χ2n) is 6.16. The van der Waals surface area contributed by atoms with Crippen molar-refractivity contribution in [2.24, 2.45) is 17.3 Å². The number of carbonyl (C=O) groups is 1. The molecule has 2 heteroatoms. The molecule has 1 rings (SSSR count). The van der Waals surface area contributed by atoms with Gasteiger partial charge in [0.15, 0.2) is 0 Å². The summed E-state index contributed by atoms with van der Waals surface area (Å²) < 4.78 is 5.84. The van der Waals surface area contributed by atoms with Crippen molar-refractivity contribution in [2.45, 2.75) is 66.4 Å². The van der Waals surface area contributed by atoms with Crippen LogP contribution in [0.3, 0.4) is 0 Å². The van der Waals surface area contributed by atoms with E-state index in [2.05, 4.69) is 27.7 Å². The smallest absolute Gasteiger partial charge is 0.309 e. The molecular weight excluding hydrogens is 200 g/mol. The Morgan fingerprint density at radius 3 is 2.38 bits per heavy atom. The van der Waals surface area contributed by atoms with Crippen molar-refractivity contribution in [1.82, 2.24) is 0 Å². The fourth-order valence-corrected chi connectivity index (χ4v) is 2.48. The van der Waals surface area contributed by atoms with Gasteiger partial charge in [-0.15, -0.1) is 0 Å². The fourth-order valence-electron chi connectivity index (χ4n) is 2.48. The molecule has 0 aromatic heterocycles. The Morgan fingerprint density at radius 2 is 2.00 bits per heavy atom. The van der Waals surface area contributed by atoms with Crippen molar-refractivity contribution in [2.75, 3.05) is 0 Å². The number of rotatable bonds is 3. The summed E-state index contributed by atoms with van der Waals surface area (Å²) in [7, 11) is 0. The van der Waals surface area contributed by atoms with Gasteiger partial charge < -0.3 is 4.74 Å². The van der Waals surface area contributed by atoms with Gasteiger partial charge in [0.25, 0.3) is 0 Å². The zero-order chi connectivity index (χ0) is 12.6. The molecule has 1 aliphatic carbocycles. The minimum Gasteiger partial charge on any atom is -0.458 e. The molecule has 0 aliphatic heterocycles. The number of hydrogen-bond acceptors (Lipinski definition) is 2. The van der Waals surface area contributed by atoms with E-state index in [0.717, 1.165) is 19.3 Å². The van der Waals surface area contributed by atoms with Gasteiger partial charge in [-0.25, -0.2) is 0 Å². The van der Waals surface area contributed by atoms with E-state index in [-0.39, 0.29) is 22.9 Å². The second kappa shape index (κ2) is 4.38. The Labute approximate surface area is 99.8 Å². The van der Waals surface area contributed by atoms with Crippen LogP contribution in [0.4, 0.5) is 0 Å². The summed E-state index contributed by atoms with van der Waals surface area (Å²) in [6, 6.07) is 0. The van der Waals surface area contributed by atoms with Crippen LogP contribution >= 0.6 is 0 Å². The standard InChI is InChI=1S/C14H26O2/c1-7-10(2)12(15)16-14(6)11(3)8-9-13(14,4)5/h10-11H,7-9H2,1-6H3. The molecule has 0 aromatic rings. The lowest BCUT2D eigenvalue weighted by Gasteiger charge is -2.41. The molecule has 0 bridgehead atoms. The molecule has 3 unspecified atom stereocenters. The molecule has 0 spiro atoms. The molecule has 1 fully saturated rings. The van der Waals surface area contributed by atoms with Crippen LogP contribution in [0.15, 0.2) is 0 Å². The normalized spacial score (nSPS) is 34.8. The molecule has 1 aliphatic rings. The van der Waals surface area contributed by atoms with Gasteiger partial charge in [0.05, 0.1) is 5.92 Å². The highest BCUT2D eigenvalue weighted by Gasteiger charge is 2.53.